The van der Waals surface area contributed by atoms with Crippen molar-refractivity contribution in [2.75, 3.05) is 19.6 Å². The zero-order valence-corrected chi connectivity index (χ0v) is 16.1. The van der Waals surface area contributed by atoms with E-state index in [1.54, 1.807) is 12.1 Å². The van der Waals surface area contributed by atoms with Gasteiger partial charge in [0.2, 0.25) is 17.6 Å². The van der Waals surface area contributed by atoms with Gasteiger partial charge in [-0.05, 0) is 50.4 Å². The number of amides is 1. The summed E-state index contributed by atoms with van der Waals surface area (Å²) >= 11 is 5.97. The second-order valence-corrected chi connectivity index (χ2v) is 6.79. The van der Waals surface area contributed by atoms with Crippen molar-refractivity contribution >= 4 is 29.9 Å². The van der Waals surface area contributed by atoms with Crippen molar-refractivity contribution < 1.29 is 9.32 Å². The molecule has 6 nitrogen and oxygen atoms in total. The first-order valence-corrected chi connectivity index (χ1v) is 9.14. The fraction of sp³-hybridized carbons (Fsp3) is 0.500. The Hall–Kier alpha value is -1.63. The lowest BCUT2D eigenvalue weighted by Crippen LogP contribution is -2.30. The molecule has 1 aromatic carbocycles. The number of benzene rings is 1. The summed E-state index contributed by atoms with van der Waals surface area (Å²) in [4.78, 5) is 16.3. The zero-order valence-electron chi connectivity index (χ0n) is 14.5. The smallest absolute Gasteiger partial charge is 0.228 e. The van der Waals surface area contributed by atoms with E-state index in [9.17, 15) is 4.79 Å². The summed E-state index contributed by atoms with van der Waals surface area (Å²) in [6.07, 6.45) is 4.41. The Kier molecular flexibility index (Phi) is 8.35. The topological polar surface area (TPSA) is 80.0 Å². The first kappa shape index (κ1) is 20.7. The van der Waals surface area contributed by atoms with E-state index in [1.807, 2.05) is 12.1 Å². The summed E-state index contributed by atoms with van der Waals surface area (Å²) in [5.41, 5.74) is 0.813. The van der Waals surface area contributed by atoms with Gasteiger partial charge >= 0.3 is 0 Å². The van der Waals surface area contributed by atoms with Crippen LogP contribution in [-0.2, 0) is 11.2 Å². The predicted octanol–water partition coefficient (Wildman–Crippen LogP) is 3.25. The number of nitrogens with zero attached hydrogens (tertiary/aromatic N) is 2. The summed E-state index contributed by atoms with van der Waals surface area (Å²) in [6, 6.07) is 7.31. The van der Waals surface area contributed by atoms with E-state index in [1.165, 1.54) is 12.8 Å². The van der Waals surface area contributed by atoms with Crippen LogP contribution in [0.2, 0.25) is 5.02 Å². The van der Waals surface area contributed by atoms with Crippen molar-refractivity contribution in [2.45, 2.75) is 32.1 Å². The molecule has 1 aliphatic heterocycles. The molecule has 0 aliphatic carbocycles. The van der Waals surface area contributed by atoms with Gasteiger partial charge in [-0.2, -0.15) is 4.98 Å². The van der Waals surface area contributed by atoms with E-state index in [0.29, 0.717) is 42.0 Å². The van der Waals surface area contributed by atoms with Crippen LogP contribution in [0.5, 0.6) is 0 Å². The van der Waals surface area contributed by atoms with E-state index in [4.69, 9.17) is 16.1 Å². The standard InChI is InChI=1S/C18H23ClN4O2.ClH/c19-15-3-1-2-14(12-15)18-22-17(25-23-18)8-11-21-16(24)5-4-13-6-9-20-10-7-13;/h1-3,12-13,20H,4-11H2,(H,21,24);1H. The van der Waals surface area contributed by atoms with Crippen LogP contribution in [-0.4, -0.2) is 35.7 Å². The molecule has 0 unspecified atom stereocenters. The van der Waals surface area contributed by atoms with Crippen molar-refractivity contribution in [2.24, 2.45) is 5.92 Å². The van der Waals surface area contributed by atoms with Gasteiger partial charge in [0.25, 0.3) is 0 Å². The Morgan fingerprint density at radius 2 is 2.15 bits per heavy atom. The number of hydrogen-bond acceptors (Lipinski definition) is 5. The van der Waals surface area contributed by atoms with Crippen molar-refractivity contribution in [1.82, 2.24) is 20.8 Å². The SMILES string of the molecule is Cl.O=C(CCC1CCNCC1)NCCc1nc(-c2cccc(Cl)c2)no1. The number of rotatable bonds is 7. The van der Waals surface area contributed by atoms with E-state index >= 15 is 0 Å². The van der Waals surface area contributed by atoms with Gasteiger partial charge in [0.15, 0.2) is 0 Å². The van der Waals surface area contributed by atoms with Crippen molar-refractivity contribution in [3.05, 3.63) is 35.2 Å². The first-order chi connectivity index (χ1) is 12.2. The summed E-state index contributed by atoms with van der Waals surface area (Å²) in [5, 5.41) is 10.9. The van der Waals surface area contributed by atoms with Crippen molar-refractivity contribution in [1.29, 1.82) is 0 Å². The van der Waals surface area contributed by atoms with Gasteiger partial charge in [-0.25, -0.2) is 0 Å². The van der Waals surface area contributed by atoms with Gasteiger partial charge in [0.1, 0.15) is 0 Å². The summed E-state index contributed by atoms with van der Waals surface area (Å²) < 4.78 is 5.23. The summed E-state index contributed by atoms with van der Waals surface area (Å²) in [5.74, 6) is 1.78. The van der Waals surface area contributed by atoms with Gasteiger partial charge in [-0.3, -0.25) is 4.79 Å². The third-order valence-electron chi connectivity index (χ3n) is 4.45. The number of halogens is 2. The highest BCUT2D eigenvalue weighted by Crippen LogP contribution is 2.20. The Bertz CT molecular complexity index is 702. The Morgan fingerprint density at radius 1 is 1.35 bits per heavy atom. The monoisotopic (exact) mass is 398 g/mol. The van der Waals surface area contributed by atoms with Crippen LogP contribution in [0.25, 0.3) is 11.4 Å². The molecule has 0 radical (unpaired) electrons. The van der Waals surface area contributed by atoms with Crippen LogP contribution >= 0.6 is 24.0 Å². The van der Waals surface area contributed by atoms with E-state index < -0.39 is 0 Å². The van der Waals surface area contributed by atoms with E-state index in [0.717, 1.165) is 25.1 Å². The maximum absolute atomic E-state index is 11.9. The average molecular weight is 399 g/mol. The van der Waals surface area contributed by atoms with E-state index in [2.05, 4.69) is 20.8 Å². The summed E-state index contributed by atoms with van der Waals surface area (Å²) in [7, 11) is 0. The van der Waals surface area contributed by atoms with Gasteiger partial charge in [0, 0.05) is 30.0 Å². The molecule has 0 spiro atoms. The third-order valence-corrected chi connectivity index (χ3v) is 4.69. The number of piperidine rings is 1. The minimum absolute atomic E-state index is 0. The molecule has 2 N–H and O–H groups in total. The molecular weight excluding hydrogens is 375 g/mol. The van der Waals surface area contributed by atoms with Crippen molar-refractivity contribution in [3.63, 3.8) is 0 Å². The minimum Gasteiger partial charge on any atom is -0.356 e. The molecule has 142 valence electrons. The van der Waals surface area contributed by atoms with E-state index in [-0.39, 0.29) is 18.3 Å². The zero-order chi connectivity index (χ0) is 17.5. The maximum atomic E-state index is 11.9. The molecule has 0 atom stereocenters. The molecule has 8 heteroatoms. The fourth-order valence-corrected chi connectivity index (χ4v) is 3.19. The highest BCUT2D eigenvalue weighted by atomic mass is 35.5. The fourth-order valence-electron chi connectivity index (χ4n) is 3.00. The lowest BCUT2D eigenvalue weighted by atomic mass is 9.93. The number of hydrogen-bond donors (Lipinski definition) is 2. The minimum atomic E-state index is 0. The molecule has 2 heterocycles. The molecule has 0 bridgehead atoms. The lowest BCUT2D eigenvalue weighted by Gasteiger charge is -2.22. The Labute approximate surface area is 164 Å². The second-order valence-electron chi connectivity index (χ2n) is 6.35. The van der Waals surface area contributed by atoms with Gasteiger partial charge in [-0.1, -0.05) is 28.9 Å². The molecule has 2 aromatic rings. The molecule has 1 aromatic heterocycles. The normalized spacial score (nSPS) is 14.7. The molecular formula is C18H24Cl2N4O2. The highest BCUT2D eigenvalue weighted by molar-refractivity contribution is 6.30. The van der Waals surface area contributed by atoms with Gasteiger partial charge < -0.3 is 15.2 Å². The first-order valence-electron chi connectivity index (χ1n) is 8.76. The highest BCUT2D eigenvalue weighted by Gasteiger charge is 2.14. The second kappa shape index (κ2) is 10.5. The third kappa shape index (κ3) is 6.27. The van der Waals surface area contributed by atoms with Gasteiger partial charge in [-0.15, -0.1) is 12.4 Å². The number of carbonyl (C=O) groups excluding carboxylic acids is 1. The molecule has 3 rings (SSSR count). The van der Waals surface area contributed by atoms with Crippen LogP contribution in [0.4, 0.5) is 0 Å². The largest absolute Gasteiger partial charge is 0.356 e. The van der Waals surface area contributed by atoms with Crippen molar-refractivity contribution in [3.8, 4) is 11.4 Å². The maximum Gasteiger partial charge on any atom is 0.228 e. The van der Waals surface area contributed by atoms with Crippen LogP contribution in [0.15, 0.2) is 28.8 Å². The Balaban J connectivity index is 0.00000243. The van der Waals surface area contributed by atoms with Crippen LogP contribution < -0.4 is 10.6 Å². The average Bonchev–Trinajstić information content (AvgIpc) is 3.10. The molecule has 0 saturated carbocycles. The van der Waals surface area contributed by atoms with Crippen LogP contribution in [0, 0.1) is 5.92 Å². The lowest BCUT2D eigenvalue weighted by molar-refractivity contribution is -0.121. The number of nitrogens with one attached hydrogen (secondary N) is 2. The molecule has 1 fully saturated rings. The molecule has 1 aliphatic rings. The van der Waals surface area contributed by atoms with Crippen LogP contribution in [0.1, 0.15) is 31.6 Å². The number of carbonyl (C=O) groups is 1. The Morgan fingerprint density at radius 3 is 2.92 bits per heavy atom. The molecule has 26 heavy (non-hydrogen) atoms. The molecule has 1 saturated heterocycles. The van der Waals surface area contributed by atoms with Gasteiger partial charge in [0.05, 0.1) is 0 Å². The quantitative estimate of drug-likeness (QED) is 0.747. The predicted molar refractivity (Wildman–Crippen MR) is 104 cm³/mol. The number of aromatic nitrogens is 2. The van der Waals surface area contributed by atoms with Crippen LogP contribution in [0.3, 0.4) is 0 Å². The molecule has 1 amide bonds. The summed E-state index contributed by atoms with van der Waals surface area (Å²) in [6.45, 7) is 2.64.